The lowest BCUT2D eigenvalue weighted by Gasteiger charge is -2.30. The largest absolute Gasteiger partial charge is 0.431 e. The zero-order valence-electron chi connectivity index (χ0n) is 32.4. The predicted molar refractivity (Wildman–Crippen MR) is 215 cm³/mol. The second-order valence-corrected chi connectivity index (χ2v) is 17.8. The van der Waals surface area contributed by atoms with Crippen molar-refractivity contribution in [1.82, 2.24) is 19.8 Å². The molecule has 3 heterocycles. The number of rotatable bonds is 11. The number of benzene rings is 2. The highest BCUT2D eigenvalue weighted by Gasteiger charge is 2.80. The SMILES string of the molecule is CSNc1nn(CC(F)(F)F)c2c(-c3ccc(C#CC(C)(C)SC)nc3C(Cc3cc(F)cc(F)c3)N=CCN3N=C(C(F)(F)F)C4C5C(C)C5C(F)(F)C43)ccc(Cl)c12. The topological polar surface area (TPSA) is 70.7 Å². The molecule has 320 valence electrons. The lowest BCUT2D eigenvalue weighted by molar-refractivity contribution is -0.141. The van der Waals surface area contributed by atoms with Crippen LogP contribution in [0.25, 0.3) is 22.0 Å². The van der Waals surface area contributed by atoms with Gasteiger partial charge >= 0.3 is 12.4 Å². The number of alkyl halides is 8. The number of hydrogen-bond donors (Lipinski definition) is 1. The Hall–Kier alpha value is -4.15. The molecule has 0 bridgehead atoms. The molecule has 4 aromatic rings. The van der Waals surface area contributed by atoms with Gasteiger partial charge in [0.15, 0.2) is 5.82 Å². The first-order chi connectivity index (χ1) is 28.0. The molecular formula is C40H36ClF10N7S2. The fourth-order valence-electron chi connectivity index (χ4n) is 8.35. The Kier molecular flexibility index (Phi) is 11.7. The van der Waals surface area contributed by atoms with Crippen molar-refractivity contribution in [2.75, 3.05) is 23.8 Å². The Morgan fingerprint density at radius 1 is 1.02 bits per heavy atom. The second-order valence-electron chi connectivity index (χ2n) is 15.4. The Morgan fingerprint density at radius 3 is 2.33 bits per heavy atom. The van der Waals surface area contributed by atoms with E-state index in [4.69, 9.17) is 16.6 Å². The monoisotopic (exact) mass is 903 g/mol. The minimum Gasteiger partial charge on any atom is -0.313 e. The van der Waals surface area contributed by atoms with Crippen molar-refractivity contribution >= 4 is 64.0 Å². The summed E-state index contributed by atoms with van der Waals surface area (Å²) in [6.45, 7) is 3.10. The Bertz CT molecular complexity index is 2420. The normalized spacial score (nSPS) is 22.8. The van der Waals surface area contributed by atoms with Gasteiger partial charge in [0.05, 0.1) is 39.0 Å². The molecule has 0 radical (unpaired) electrons. The van der Waals surface area contributed by atoms with Crippen LogP contribution in [0.4, 0.5) is 49.7 Å². The third-order valence-corrected chi connectivity index (χ3v) is 12.8. The molecule has 2 aromatic carbocycles. The van der Waals surface area contributed by atoms with Crippen molar-refractivity contribution in [1.29, 1.82) is 0 Å². The van der Waals surface area contributed by atoms with E-state index in [1.165, 1.54) is 36.9 Å². The van der Waals surface area contributed by atoms with E-state index in [0.29, 0.717) is 11.1 Å². The molecule has 2 fully saturated rings. The summed E-state index contributed by atoms with van der Waals surface area (Å²) in [5.41, 5.74) is -0.724. The third-order valence-electron chi connectivity index (χ3n) is 11.0. The molecule has 6 atom stereocenters. The van der Waals surface area contributed by atoms with E-state index in [2.05, 4.69) is 31.8 Å². The number of hydrogen-bond acceptors (Lipinski definition) is 8. The van der Waals surface area contributed by atoms with Crippen LogP contribution in [0, 0.1) is 47.1 Å². The lowest BCUT2D eigenvalue weighted by Crippen LogP contribution is -2.47. The number of thioether (sulfide) groups is 1. The van der Waals surface area contributed by atoms with Crippen molar-refractivity contribution in [2.45, 2.75) is 68.8 Å². The molecule has 2 aromatic heterocycles. The molecule has 1 aliphatic heterocycles. The molecule has 60 heavy (non-hydrogen) atoms. The fraction of sp³-hybridized carbons (Fsp3) is 0.450. The number of pyridine rings is 1. The van der Waals surface area contributed by atoms with Gasteiger partial charge in [-0.15, -0.1) is 11.8 Å². The molecule has 3 aliphatic rings. The van der Waals surface area contributed by atoms with E-state index in [-0.39, 0.29) is 56.2 Å². The van der Waals surface area contributed by atoms with Gasteiger partial charge in [-0.05, 0) is 73.8 Å². The molecule has 2 aliphatic carbocycles. The van der Waals surface area contributed by atoms with E-state index in [0.717, 1.165) is 35.0 Å². The molecule has 0 saturated heterocycles. The van der Waals surface area contributed by atoms with Gasteiger partial charge in [0.25, 0.3) is 5.92 Å². The first-order valence-electron chi connectivity index (χ1n) is 18.5. The van der Waals surface area contributed by atoms with Gasteiger partial charge in [-0.3, -0.25) is 14.7 Å². The molecule has 20 heteroatoms. The molecular weight excluding hydrogens is 868 g/mol. The van der Waals surface area contributed by atoms with E-state index in [1.807, 2.05) is 20.1 Å². The molecule has 2 saturated carbocycles. The summed E-state index contributed by atoms with van der Waals surface area (Å²) in [6.07, 6.45) is -5.42. The van der Waals surface area contributed by atoms with Crippen LogP contribution in [0.2, 0.25) is 5.02 Å². The summed E-state index contributed by atoms with van der Waals surface area (Å²) in [4.78, 5) is 9.41. The molecule has 7 nitrogen and oxygen atoms in total. The fourth-order valence-corrected chi connectivity index (χ4v) is 9.09. The number of aliphatic imine (C=N–C) groups is 1. The van der Waals surface area contributed by atoms with Crippen molar-refractivity contribution in [2.24, 2.45) is 33.8 Å². The van der Waals surface area contributed by atoms with E-state index < -0.39 is 89.2 Å². The van der Waals surface area contributed by atoms with E-state index in [9.17, 15) is 35.1 Å². The smallest absolute Gasteiger partial charge is 0.313 e. The van der Waals surface area contributed by atoms with Crippen LogP contribution in [-0.4, -0.2) is 79.8 Å². The average Bonchev–Trinajstić information content (AvgIpc) is 3.37. The number of halogens is 11. The summed E-state index contributed by atoms with van der Waals surface area (Å²) < 4.78 is 149. The average molecular weight is 904 g/mol. The van der Waals surface area contributed by atoms with Crippen LogP contribution in [0.1, 0.15) is 43.8 Å². The molecule has 0 amide bonds. The highest BCUT2D eigenvalue weighted by molar-refractivity contribution is 8.00. The minimum absolute atomic E-state index is 0.0347. The van der Waals surface area contributed by atoms with Gasteiger partial charge in [0.2, 0.25) is 0 Å². The minimum atomic E-state index is -4.97. The summed E-state index contributed by atoms with van der Waals surface area (Å²) in [7, 11) is 0. The summed E-state index contributed by atoms with van der Waals surface area (Å²) in [5.74, 6) is -3.54. The zero-order chi connectivity index (χ0) is 43.7. The Labute approximate surface area is 351 Å². The van der Waals surface area contributed by atoms with Gasteiger partial charge in [-0.2, -0.15) is 36.5 Å². The van der Waals surface area contributed by atoms with Crippen LogP contribution in [0.5, 0.6) is 0 Å². The number of anilines is 1. The van der Waals surface area contributed by atoms with Crippen molar-refractivity contribution in [3.8, 4) is 23.0 Å². The van der Waals surface area contributed by atoms with Crippen LogP contribution in [0.3, 0.4) is 0 Å². The van der Waals surface area contributed by atoms with Gasteiger partial charge in [-0.25, -0.2) is 22.5 Å². The lowest BCUT2D eigenvalue weighted by atomic mass is 9.90. The number of hydrazone groups is 1. The molecule has 1 N–H and O–H groups in total. The molecule has 7 rings (SSSR count). The van der Waals surface area contributed by atoms with Gasteiger partial charge in [-0.1, -0.05) is 42.5 Å². The van der Waals surface area contributed by atoms with Crippen molar-refractivity contribution < 1.29 is 43.9 Å². The maximum absolute atomic E-state index is 15.7. The van der Waals surface area contributed by atoms with Crippen LogP contribution >= 0.6 is 35.3 Å². The summed E-state index contributed by atoms with van der Waals surface area (Å²) >= 11 is 9.12. The first kappa shape index (κ1) is 43.9. The Balaban J connectivity index is 1.40. The van der Waals surface area contributed by atoms with Crippen LogP contribution in [-0.2, 0) is 13.0 Å². The quantitative estimate of drug-likeness (QED) is 0.0700. The highest BCUT2D eigenvalue weighted by Crippen LogP contribution is 2.70. The third kappa shape index (κ3) is 8.52. The van der Waals surface area contributed by atoms with Crippen molar-refractivity contribution in [3.63, 3.8) is 0 Å². The molecule has 0 spiro atoms. The Morgan fingerprint density at radius 2 is 1.70 bits per heavy atom. The summed E-state index contributed by atoms with van der Waals surface area (Å²) in [6, 6.07) is 5.55. The first-order valence-corrected chi connectivity index (χ1v) is 21.3. The number of fused-ring (bicyclic) bond motifs is 4. The predicted octanol–water partition coefficient (Wildman–Crippen LogP) is 10.9. The molecule has 6 unspecified atom stereocenters. The zero-order valence-corrected chi connectivity index (χ0v) is 34.8. The van der Waals surface area contributed by atoms with Crippen LogP contribution in [0.15, 0.2) is 52.6 Å². The highest BCUT2D eigenvalue weighted by atomic mass is 35.5. The van der Waals surface area contributed by atoms with Gasteiger partial charge < -0.3 is 4.72 Å². The van der Waals surface area contributed by atoms with Gasteiger partial charge in [0, 0.05) is 47.9 Å². The standard InChI is InChI=1S/C40H36ClF10N7S2/c1-19-28-30-34(40(49,50)51)54-57(35(30)39(47,48)31(19)28)13-12-52-27(16-20-14-21(42)17-22(43)15-20)32-24(7-6-23(53-32)10-11-37(2,3)59-4)25-8-9-26(41)29-33(25)58(18-38(44,45)46)55-36(29)56-60-5/h6-9,12,14-15,17,19,27-28,30-31,35H,13,16,18H2,1-5H3,(H,55,56). The van der Waals surface area contributed by atoms with Gasteiger partial charge in [0.1, 0.15) is 35.6 Å². The van der Waals surface area contributed by atoms with E-state index in [1.54, 1.807) is 12.3 Å². The summed E-state index contributed by atoms with van der Waals surface area (Å²) in [5, 5.41) is 8.74. The number of aromatic nitrogens is 3. The van der Waals surface area contributed by atoms with Crippen molar-refractivity contribution in [3.05, 3.63) is 76.1 Å². The van der Waals surface area contributed by atoms with E-state index >= 15 is 8.78 Å². The maximum Gasteiger partial charge on any atom is 0.431 e. The van der Waals surface area contributed by atoms with Crippen LogP contribution < -0.4 is 4.72 Å². The maximum atomic E-state index is 15.7. The number of nitrogens with one attached hydrogen (secondary N) is 1. The number of nitrogens with zero attached hydrogens (tertiary/aromatic N) is 6. The second kappa shape index (κ2) is 16.0.